The summed E-state index contributed by atoms with van der Waals surface area (Å²) in [6.07, 6.45) is -1.02. The molecule has 2 N–H and O–H groups in total. The topological polar surface area (TPSA) is 24.1 Å². The van der Waals surface area contributed by atoms with Crippen molar-refractivity contribution in [3.05, 3.63) is 29.8 Å². The van der Waals surface area contributed by atoms with Gasteiger partial charge in [0.05, 0.1) is 5.56 Å². The quantitative estimate of drug-likeness (QED) is 0.765. The van der Waals surface area contributed by atoms with E-state index in [0.29, 0.717) is 12.6 Å². The summed E-state index contributed by atoms with van der Waals surface area (Å²) in [5, 5.41) is 6.18. The fourth-order valence-electron chi connectivity index (χ4n) is 1.79. The van der Waals surface area contributed by atoms with Gasteiger partial charge in [-0.05, 0) is 37.9 Å². The molecule has 0 unspecified atom stereocenters. The summed E-state index contributed by atoms with van der Waals surface area (Å²) in [6.45, 7) is 1.40. The molecule has 1 aliphatic carbocycles. The van der Waals surface area contributed by atoms with Crippen LogP contribution >= 0.6 is 0 Å². The number of hydrogen-bond acceptors (Lipinski definition) is 2. The molecule has 18 heavy (non-hydrogen) atoms. The monoisotopic (exact) mass is 258 g/mol. The molecule has 2 nitrogen and oxygen atoms in total. The summed E-state index contributed by atoms with van der Waals surface area (Å²) in [4.78, 5) is 0. The van der Waals surface area contributed by atoms with Gasteiger partial charge in [-0.3, -0.25) is 0 Å². The second-order valence-electron chi connectivity index (χ2n) is 4.55. The van der Waals surface area contributed by atoms with Crippen molar-refractivity contribution in [1.82, 2.24) is 5.32 Å². The van der Waals surface area contributed by atoms with Crippen LogP contribution in [-0.2, 0) is 6.18 Å². The van der Waals surface area contributed by atoms with Crippen molar-refractivity contribution >= 4 is 5.69 Å². The predicted molar refractivity (Wildman–Crippen MR) is 65.6 cm³/mol. The molecule has 0 atom stereocenters. The zero-order chi connectivity index (χ0) is 13.0. The number of alkyl halides is 3. The van der Waals surface area contributed by atoms with Gasteiger partial charge in [0, 0.05) is 18.3 Å². The number of nitrogens with one attached hydrogen (secondary N) is 2. The van der Waals surface area contributed by atoms with E-state index in [1.54, 1.807) is 6.07 Å². The van der Waals surface area contributed by atoms with Crippen LogP contribution in [0.5, 0.6) is 0 Å². The van der Waals surface area contributed by atoms with Crippen molar-refractivity contribution in [2.24, 2.45) is 0 Å². The van der Waals surface area contributed by atoms with Gasteiger partial charge < -0.3 is 10.6 Å². The van der Waals surface area contributed by atoms with Gasteiger partial charge in [-0.25, -0.2) is 0 Å². The summed E-state index contributed by atoms with van der Waals surface area (Å²) < 4.78 is 38.1. The smallest absolute Gasteiger partial charge is 0.385 e. The van der Waals surface area contributed by atoms with Crippen molar-refractivity contribution in [1.29, 1.82) is 0 Å². The van der Waals surface area contributed by atoms with E-state index in [2.05, 4.69) is 10.6 Å². The number of anilines is 1. The Morgan fingerprint density at radius 1 is 1.11 bits per heavy atom. The van der Waals surface area contributed by atoms with Crippen LogP contribution in [0.3, 0.4) is 0 Å². The second kappa shape index (κ2) is 5.61. The van der Waals surface area contributed by atoms with Crippen LogP contribution in [0.2, 0.25) is 0 Å². The maximum atomic E-state index is 12.7. The standard InChI is InChI=1S/C13H17F3N2/c14-13(15,16)11-4-1-2-5-12(11)18-9-3-8-17-10-6-7-10/h1-2,4-5,10,17-18H,3,6-9H2. The van der Waals surface area contributed by atoms with Crippen LogP contribution in [0.1, 0.15) is 24.8 Å². The van der Waals surface area contributed by atoms with Crippen molar-refractivity contribution in [3.63, 3.8) is 0 Å². The highest BCUT2D eigenvalue weighted by Gasteiger charge is 2.32. The summed E-state index contributed by atoms with van der Waals surface area (Å²) in [6, 6.07) is 6.23. The van der Waals surface area contributed by atoms with E-state index in [0.717, 1.165) is 19.0 Å². The molecule has 2 rings (SSSR count). The third kappa shape index (κ3) is 3.91. The molecule has 1 saturated carbocycles. The molecule has 1 aliphatic rings. The fourth-order valence-corrected chi connectivity index (χ4v) is 1.79. The molecule has 0 radical (unpaired) electrons. The average molecular weight is 258 g/mol. The van der Waals surface area contributed by atoms with Crippen molar-refractivity contribution in [3.8, 4) is 0 Å². The van der Waals surface area contributed by atoms with E-state index < -0.39 is 11.7 Å². The van der Waals surface area contributed by atoms with E-state index in [1.807, 2.05) is 0 Å². The Bertz CT molecular complexity index is 386. The summed E-state index contributed by atoms with van der Waals surface area (Å²) >= 11 is 0. The Morgan fingerprint density at radius 3 is 2.50 bits per heavy atom. The number of para-hydroxylation sites is 1. The molecule has 0 aromatic heterocycles. The van der Waals surface area contributed by atoms with Gasteiger partial charge in [0.1, 0.15) is 0 Å². The lowest BCUT2D eigenvalue weighted by molar-refractivity contribution is -0.136. The van der Waals surface area contributed by atoms with Crippen molar-refractivity contribution in [2.45, 2.75) is 31.5 Å². The molecule has 0 saturated heterocycles. The molecule has 0 spiro atoms. The SMILES string of the molecule is FC(F)(F)c1ccccc1NCCCNC1CC1. The number of halogens is 3. The zero-order valence-electron chi connectivity index (χ0n) is 10.1. The van der Waals surface area contributed by atoms with Crippen LogP contribution in [0.25, 0.3) is 0 Å². The molecule has 0 heterocycles. The normalized spacial score (nSPS) is 15.7. The van der Waals surface area contributed by atoms with Crippen LogP contribution in [0.15, 0.2) is 24.3 Å². The van der Waals surface area contributed by atoms with Crippen LogP contribution in [-0.4, -0.2) is 19.1 Å². The molecule has 1 aromatic rings. The number of benzene rings is 1. The molecule has 1 aromatic carbocycles. The predicted octanol–water partition coefficient (Wildman–Crippen LogP) is 3.26. The van der Waals surface area contributed by atoms with Gasteiger partial charge >= 0.3 is 6.18 Å². The van der Waals surface area contributed by atoms with Gasteiger partial charge in [-0.15, -0.1) is 0 Å². The van der Waals surface area contributed by atoms with Gasteiger partial charge in [-0.1, -0.05) is 12.1 Å². The molecule has 5 heteroatoms. The Hall–Kier alpha value is -1.23. The third-order valence-corrected chi connectivity index (χ3v) is 2.91. The van der Waals surface area contributed by atoms with Gasteiger partial charge in [0.2, 0.25) is 0 Å². The molecular formula is C13H17F3N2. The van der Waals surface area contributed by atoms with E-state index in [-0.39, 0.29) is 5.69 Å². The van der Waals surface area contributed by atoms with Crippen LogP contribution in [0, 0.1) is 0 Å². The van der Waals surface area contributed by atoms with Crippen molar-refractivity contribution in [2.75, 3.05) is 18.4 Å². The maximum Gasteiger partial charge on any atom is 0.418 e. The molecule has 100 valence electrons. The van der Waals surface area contributed by atoms with Crippen LogP contribution in [0.4, 0.5) is 18.9 Å². The minimum absolute atomic E-state index is 0.163. The van der Waals surface area contributed by atoms with E-state index in [9.17, 15) is 13.2 Å². The minimum atomic E-state index is -4.30. The van der Waals surface area contributed by atoms with Crippen LogP contribution < -0.4 is 10.6 Å². The first kappa shape index (κ1) is 13.2. The molecule has 0 aliphatic heterocycles. The summed E-state index contributed by atoms with van der Waals surface area (Å²) in [5.74, 6) is 0. The Kier molecular flexibility index (Phi) is 4.11. The van der Waals surface area contributed by atoms with Gasteiger partial charge in [0.15, 0.2) is 0 Å². The highest BCUT2D eigenvalue weighted by molar-refractivity contribution is 5.52. The second-order valence-corrected chi connectivity index (χ2v) is 4.55. The fraction of sp³-hybridized carbons (Fsp3) is 0.538. The van der Waals surface area contributed by atoms with E-state index in [4.69, 9.17) is 0 Å². The highest BCUT2D eigenvalue weighted by Crippen LogP contribution is 2.34. The lowest BCUT2D eigenvalue weighted by Gasteiger charge is -2.14. The minimum Gasteiger partial charge on any atom is -0.385 e. The Labute approximate surface area is 105 Å². The van der Waals surface area contributed by atoms with Gasteiger partial charge in [0.25, 0.3) is 0 Å². The van der Waals surface area contributed by atoms with E-state index >= 15 is 0 Å². The summed E-state index contributed by atoms with van der Waals surface area (Å²) in [7, 11) is 0. The van der Waals surface area contributed by atoms with Crippen molar-refractivity contribution < 1.29 is 13.2 Å². The third-order valence-electron chi connectivity index (χ3n) is 2.91. The average Bonchev–Trinajstić information content (AvgIpc) is 3.12. The Balaban J connectivity index is 1.80. The molecule has 0 amide bonds. The number of rotatable bonds is 6. The maximum absolute atomic E-state index is 12.7. The highest BCUT2D eigenvalue weighted by atomic mass is 19.4. The first-order valence-electron chi connectivity index (χ1n) is 6.21. The molecule has 0 bridgehead atoms. The number of hydrogen-bond donors (Lipinski definition) is 2. The van der Waals surface area contributed by atoms with Gasteiger partial charge in [-0.2, -0.15) is 13.2 Å². The molecule has 1 fully saturated rings. The zero-order valence-corrected chi connectivity index (χ0v) is 10.1. The first-order chi connectivity index (χ1) is 8.57. The Morgan fingerprint density at radius 2 is 1.83 bits per heavy atom. The lowest BCUT2D eigenvalue weighted by Crippen LogP contribution is -2.20. The lowest BCUT2D eigenvalue weighted by atomic mass is 10.1. The summed E-state index contributed by atoms with van der Waals surface area (Å²) in [5.41, 5.74) is -0.434. The first-order valence-corrected chi connectivity index (χ1v) is 6.21. The largest absolute Gasteiger partial charge is 0.418 e. The van der Waals surface area contributed by atoms with E-state index in [1.165, 1.54) is 25.0 Å². The molecular weight excluding hydrogens is 241 g/mol.